The molecule has 0 aliphatic heterocycles. The maximum absolute atomic E-state index is 5.77. The highest BCUT2D eigenvalue weighted by Gasteiger charge is 2.09. The van der Waals surface area contributed by atoms with Crippen LogP contribution in [0.15, 0.2) is 18.2 Å². The molecule has 0 fully saturated rings. The molecule has 0 saturated carbocycles. The number of hydrogen-bond acceptors (Lipinski definition) is 4. The number of aryl methyl sites for hydroxylation is 1. The zero-order valence-corrected chi connectivity index (χ0v) is 12.2. The summed E-state index contributed by atoms with van der Waals surface area (Å²) < 4.78 is 5.77. The quantitative estimate of drug-likeness (QED) is 0.775. The average molecular weight is 283 g/mol. The summed E-state index contributed by atoms with van der Waals surface area (Å²) in [5.41, 5.74) is 2.33. The second-order valence-corrected chi connectivity index (χ2v) is 5.67. The molecule has 0 N–H and O–H groups in total. The van der Waals surface area contributed by atoms with Crippen LogP contribution in [-0.4, -0.2) is 10.2 Å². The fourth-order valence-electron chi connectivity index (χ4n) is 1.51. The Kier molecular flexibility index (Phi) is 4.19. The van der Waals surface area contributed by atoms with Crippen LogP contribution in [0.1, 0.15) is 35.9 Å². The third-order valence-corrected chi connectivity index (χ3v) is 3.85. The lowest BCUT2D eigenvalue weighted by atomic mass is 10.0. The lowest BCUT2D eigenvalue weighted by Crippen LogP contribution is -1.92. The van der Waals surface area contributed by atoms with Gasteiger partial charge in [0.15, 0.2) is 0 Å². The molecule has 0 amide bonds. The van der Waals surface area contributed by atoms with E-state index in [9.17, 15) is 0 Å². The summed E-state index contributed by atoms with van der Waals surface area (Å²) in [7, 11) is 0. The van der Waals surface area contributed by atoms with Gasteiger partial charge in [0.1, 0.15) is 10.8 Å². The summed E-state index contributed by atoms with van der Waals surface area (Å²) in [6.45, 7) is 6.33. The van der Waals surface area contributed by atoms with Crippen LogP contribution < -0.4 is 4.74 Å². The van der Waals surface area contributed by atoms with Crippen molar-refractivity contribution in [1.29, 1.82) is 0 Å². The third-order valence-electron chi connectivity index (χ3n) is 2.64. The molecule has 18 heavy (non-hydrogen) atoms. The number of alkyl halides is 1. The highest BCUT2D eigenvalue weighted by Crippen LogP contribution is 2.30. The molecule has 2 rings (SSSR count). The van der Waals surface area contributed by atoms with E-state index in [4.69, 9.17) is 16.3 Å². The van der Waals surface area contributed by atoms with E-state index < -0.39 is 0 Å². The minimum atomic E-state index is 0.367. The van der Waals surface area contributed by atoms with Gasteiger partial charge in [-0.3, -0.25) is 0 Å². The summed E-state index contributed by atoms with van der Waals surface area (Å²) >= 11 is 7.07. The summed E-state index contributed by atoms with van der Waals surface area (Å²) in [5, 5.41) is 9.19. The van der Waals surface area contributed by atoms with Gasteiger partial charge in [-0.2, -0.15) is 0 Å². The Hall–Kier alpha value is -1.13. The van der Waals surface area contributed by atoms with Crippen molar-refractivity contribution in [3.05, 3.63) is 34.3 Å². The van der Waals surface area contributed by atoms with Crippen LogP contribution in [0, 0.1) is 6.92 Å². The average Bonchev–Trinajstić information content (AvgIpc) is 2.79. The van der Waals surface area contributed by atoms with E-state index in [-0.39, 0.29) is 0 Å². The first-order valence-corrected chi connectivity index (χ1v) is 7.12. The van der Waals surface area contributed by atoms with Crippen LogP contribution in [-0.2, 0) is 5.88 Å². The highest BCUT2D eigenvalue weighted by molar-refractivity contribution is 7.13. The molecule has 3 nitrogen and oxygen atoms in total. The van der Waals surface area contributed by atoms with Crippen molar-refractivity contribution in [2.45, 2.75) is 32.6 Å². The zero-order chi connectivity index (χ0) is 13.1. The Labute approximate surface area is 116 Å². The number of nitrogens with zero attached hydrogens (tertiary/aromatic N) is 2. The van der Waals surface area contributed by atoms with E-state index in [0.717, 1.165) is 16.3 Å². The van der Waals surface area contributed by atoms with Crippen molar-refractivity contribution in [3.8, 4) is 10.9 Å². The molecule has 96 valence electrons. The molecule has 1 aromatic carbocycles. The minimum Gasteiger partial charge on any atom is -0.430 e. The summed E-state index contributed by atoms with van der Waals surface area (Å²) in [6.07, 6.45) is 0. The van der Waals surface area contributed by atoms with Gasteiger partial charge in [0, 0.05) is 0 Å². The molecule has 1 heterocycles. The number of aromatic nitrogens is 2. The molecule has 0 saturated heterocycles. The van der Waals surface area contributed by atoms with E-state index in [1.165, 1.54) is 16.9 Å². The van der Waals surface area contributed by atoms with Gasteiger partial charge in [-0.1, -0.05) is 42.4 Å². The lowest BCUT2D eigenvalue weighted by molar-refractivity contribution is 0.468. The molecule has 0 spiro atoms. The van der Waals surface area contributed by atoms with E-state index in [0.29, 0.717) is 17.0 Å². The van der Waals surface area contributed by atoms with Gasteiger partial charge in [-0.05, 0) is 30.0 Å². The van der Waals surface area contributed by atoms with Gasteiger partial charge >= 0.3 is 0 Å². The molecule has 2 aromatic rings. The fourth-order valence-corrected chi connectivity index (χ4v) is 2.28. The molecule has 0 unspecified atom stereocenters. The molecular weight excluding hydrogens is 268 g/mol. The molecule has 0 aliphatic rings. The Balaban J connectivity index is 2.24. The van der Waals surface area contributed by atoms with Crippen molar-refractivity contribution in [2.24, 2.45) is 0 Å². The van der Waals surface area contributed by atoms with E-state index in [1.807, 2.05) is 6.92 Å². The molecule has 0 aliphatic carbocycles. The Morgan fingerprint density at radius 1 is 1.33 bits per heavy atom. The second-order valence-electron chi connectivity index (χ2n) is 4.38. The standard InChI is InChI=1S/C13H15ClN2OS/c1-8(2)10-5-4-9(3)11(6-10)17-13-16-15-12(7-14)18-13/h4-6,8H,7H2,1-3H3. The summed E-state index contributed by atoms with van der Waals surface area (Å²) in [5.74, 6) is 1.67. The van der Waals surface area contributed by atoms with Gasteiger partial charge in [-0.25, -0.2) is 0 Å². The van der Waals surface area contributed by atoms with Crippen LogP contribution in [0.2, 0.25) is 0 Å². The number of ether oxygens (including phenoxy) is 1. The van der Waals surface area contributed by atoms with Gasteiger partial charge in [0.05, 0.1) is 5.88 Å². The predicted octanol–water partition coefficient (Wildman–Crippen LogP) is 4.50. The highest BCUT2D eigenvalue weighted by atomic mass is 35.5. The number of hydrogen-bond donors (Lipinski definition) is 0. The zero-order valence-electron chi connectivity index (χ0n) is 10.6. The van der Waals surface area contributed by atoms with E-state index in [1.54, 1.807) is 0 Å². The van der Waals surface area contributed by atoms with Crippen LogP contribution in [0.4, 0.5) is 0 Å². The first kappa shape index (κ1) is 13.3. The van der Waals surface area contributed by atoms with Crippen molar-refractivity contribution in [3.63, 3.8) is 0 Å². The van der Waals surface area contributed by atoms with Gasteiger partial charge < -0.3 is 4.74 Å². The largest absolute Gasteiger partial charge is 0.430 e. The molecule has 5 heteroatoms. The Morgan fingerprint density at radius 3 is 2.72 bits per heavy atom. The predicted molar refractivity (Wildman–Crippen MR) is 74.8 cm³/mol. The summed E-state index contributed by atoms with van der Waals surface area (Å²) in [6, 6.07) is 6.24. The van der Waals surface area contributed by atoms with Crippen LogP contribution in [0.5, 0.6) is 10.9 Å². The monoisotopic (exact) mass is 282 g/mol. The van der Waals surface area contributed by atoms with Crippen molar-refractivity contribution in [2.75, 3.05) is 0 Å². The SMILES string of the molecule is Cc1ccc(C(C)C)cc1Oc1nnc(CCl)s1. The summed E-state index contributed by atoms with van der Waals surface area (Å²) in [4.78, 5) is 0. The molecule has 0 atom stereocenters. The first-order valence-electron chi connectivity index (χ1n) is 5.77. The van der Waals surface area contributed by atoms with Crippen molar-refractivity contribution >= 4 is 22.9 Å². The smallest absolute Gasteiger partial charge is 0.299 e. The first-order chi connectivity index (χ1) is 8.60. The van der Waals surface area contributed by atoms with Crippen LogP contribution >= 0.6 is 22.9 Å². The van der Waals surface area contributed by atoms with Gasteiger partial charge in [0.25, 0.3) is 5.19 Å². The number of benzene rings is 1. The Bertz CT molecular complexity index is 540. The lowest BCUT2D eigenvalue weighted by Gasteiger charge is -2.10. The third kappa shape index (κ3) is 3.00. The van der Waals surface area contributed by atoms with Crippen molar-refractivity contribution < 1.29 is 4.74 Å². The van der Waals surface area contributed by atoms with E-state index >= 15 is 0 Å². The van der Waals surface area contributed by atoms with Crippen LogP contribution in [0.3, 0.4) is 0 Å². The number of halogens is 1. The molecule has 0 bridgehead atoms. The van der Waals surface area contributed by atoms with E-state index in [2.05, 4.69) is 42.2 Å². The molecular formula is C13H15ClN2OS. The van der Waals surface area contributed by atoms with Crippen molar-refractivity contribution in [1.82, 2.24) is 10.2 Å². The molecule has 0 radical (unpaired) electrons. The second kappa shape index (κ2) is 5.67. The maximum Gasteiger partial charge on any atom is 0.299 e. The number of rotatable bonds is 4. The fraction of sp³-hybridized carbons (Fsp3) is 0.385. The molecule has 1 aromatic heterocycles. The van der Waals surface area contributed by atoms with Crippen LogP contribution in [0.25, 0.3) is 0 Å². The Morgan fingerprint density at radius 2 is 2.11 bits per heavy atom. The minimum absolute atomic E-state index is 0.367. The topological polar surface area (TPSA) is 35.0 Å². The van der Waals surface area contributed by atoms with Gasteiger partial charge in [-0.15, -0.1) is 16.7 Å². The normalized spacial score (nSPS) is 10.9. The van der Waals surface area contributed by atoms with Gasteiger partial charge in [0.2, 0.25) is 0 Å². The maximum atomic E-state index is 5.77.